The first kappa shape index (κ1) is 14.5. The van der Waals surface area contributed by atoms with Crippen LogP contribution in [0.25, 0.3) is 0 Å². The topological polar surface area (TPSA) is 62.8 Å². The summed E-state index contributed by atoms with van der Waals surface area (Å²) < 4.78 is 26.6. The number of hydrogen-bond donors (Lipinski definition) is 2. The number of aromatic nitrogens is 1. The second-order valence-corrected chi connectivity index (χ2v) is 5.40. The molecule has 3 N–H and O–H groups in total. The van der Waals surface area contributed by atoms with Crippen molar-refractivity contribution in [1.82, 2.24) is 4.98 Å². The third-order valence-electron chi connectivity index (χ3n) is 2.68. The zero-order chi connectivity index (χ0) is 14.9. The zero-order valence-electron chi connectivity index (χ0n) is 11.0. The van der Waals surface area contributed by atoms with Crippen molar-refractivity contribution in [1.29, 1.82) is 5.41 Å². The number of amidine groups is 1. The van der Waals surface area contributed by atoms with Crippen LogP contribution >= 0.6 is 11.8 Å². The van der Waals surface area contributed by atoms with Crippen molar-refractivity contribution in [3.8, 4) is 0 Å². The van der Waals surface area contributed by atoms with Crippen LogP contribution < -0.4 is 5.73 Å². The number of hydrogen-bond acceptors (Lipinski definition) is 3. The molecule has 0 aliphatic carbocycles. The van der Waals surface area contributed by atoms with Gasteiger partial charge in [0.05, 0.1) is 5.56 Å². The molecule has 0 saturated heterocycles. The lowest BCUT2D eigenvalue weighted by Gasteiger charge is -2.12. The Morgan fingerprint density at radius 3 is 2.50 bits per heavy atom. The molecule has 0 amide bonds. The number of nitrogens with one attached hydrogen (secondary N) is 1. The zero-order valence-corrected chi connectivity index (χ0v) is 11.8. The number of nitrogens with two attached hydrogens (primary N) is 1. The van der Waals surface area contributed by atoms with Gasteiger partial charge in [-0.05, 0) is 32.0 Å². The first-order valence-corrected chi connectivity index (χ1v) is 6.65. The summed E-state index contributed by atoms with van der Waals surface area (Å²) in [4.78, 5) is 5.15. The summed E-state index contributed by atoms with van der Waals surface area (Å²) in [6, 6.07) is 5.12. The maximum Gasteiger partial charge on any atom is 0.140 e. The van der Waals surface area contributed by atoms with E-state index in [9.17, 15) is 8.78 Å². The number of benzene rings is 1. The lowest BCUT2D eigenvalue weighted by Crippen LogP contribution is -2.15. The van der Waals surface area contributed by atoms with Gasteiger partial charge in [-0.1, -0.05) is 11.8 Å². The van der Waals surface area contributed by atoms with E-state index in [0.717, 1.165) is 23.5 Å². The Morgan fingerprint density at radius 2 is 1.90 bits per heavy atom. The Labute approximate surface area is 119 Å². The first-order valence-electron chi connectivity index (χ1n) is 5.84. The number of pyridine rings is 1. The Balaban J connectivity index is 2.50. The molecule has 0 aliphatic rings. The minimum atomic E-state index is -0.642. The van der Waals surface area contributed by atoms with E-state index in [1.54, 1.807) is 13.0 Å². The molecule has 2 aromatic rings. The van der Waals surface area contributed by atoms with E-state index in [0.29, 0.717) is 16.2 Å². The summed E-state index contributed by atoms with van der Waals surface area (Å²) in [5, 5.41) is 7.61. The fourth-order valence-corrected chi connectivity index (χ4v) is 3.00. The highest BCUT2D eigenvalue weighted by Gasteiger charge is 2.14. The first-order chi connectivity index (χ1) is 9.38. The van der Waals surface area contributed by atoms with Crippen molar-refractivity contribution in [2.45, 2.75) is 23.6 Å². The van der Waals surface area contributed by atoms with Gasteiger partial charge in [0.25, 0.3) is 0 Å². The number of rotatable bonds is 3. The van der Waals surface area contributed by atoms with Crippen LogP contribution in [0.1, 0.15) is 17.0 Å². The third-order valence-corrected chi connectivity index (χ3v) is 3.77. The van der Waals surface area contributed by atoms with Crippen molar-refractivity contribution in [3.05, 3.63) is 52.9 Å². The van der Waals surface area contributed by atoms with E-state index in [4.69, 9.17) is 11.1 Å². The lowest BCUT2D eigenvalue weighted by molar-refractivity contribution is 0.565. The molecule has 2 rings (SSSR count). The number of nitrogen functional groups attached to an aromatic ring is 1. The van der Waals surface area contributed by atoms with Crippen molar-refractivity contribution < 1.29 is 8.78 Å². The Bertz CT molecular complexity index is 686. The van der Waals surface area contributed by atoms with Gasteiger partial charge in [-0.2, -0.15) is 0 Å². The van der Waals surface area contributed by atoms with Crippen molar-refractivity contribution in [3.63, 3.8) is 0 Å². The number of nitrogens with zero attached hydrogens (tertiary/aromatic N) is 1. The second-order valence-electron chi connectivity index (χ2n) is 4.31. The maximum atomic E-state index is 13.7. The molecule has 0 fully saturated rings. The molecule has 0 unspecified atom stereocenters. The van der Waals surface area contributed by atoms with E-state index < -0.39 is 11.6 Å². The summed E-state index contributed by atoms with van der Waals surface area (Å²) in [6.07, 6.45) is 0. The monoisotopic (exact) mass is 293 g/mol. The molecule has 1 heterocycles. The fraction of sp³-hybridized carbons (Fsp3) is 0.143. The van der Waals surface area contributed by atoms with E-state index >= 15 is 0 Å². The molecular weight excluding hydrogens is 280 g/mol. The van der Waals surface area contributed by atoms with E-state index in [-0.39, 0.29) is 10.7 Å². The highest BCUT2D eigenvalue weighted by molar-refractivity contribution is 7.99. The van der Waals surface area contributed by atoms with E-state index in [2.05, 4.69) is 4.98 Å². The van der Waals surface area contributed by atoms with Gasteiger partial charge >= 0.3 is 0 Å². The Kier molecular flexibility index (Phi) is 4.04. The van der Waals surface area contributed by atoms with Gasteiger partial charge in [0.2, 0.25) is 0 Å². The minimum Gasteiger partial charge on any atom is -0.384 e. The second kappa shape index (κ2) is 5.58. The molecule has 0 radical (unpaired) electrons. The predicted octanol–water partition coefficient (Wildman–Crippen LogP) is 3.41. The van der Waals surface area contributed by atoms with Gasteiger partial charge in [0.15, 0.2) is 0 Å². The summed E-state index contributed by atoms with van der Waals surface area (Å²) in [5.74, 6) is -1.39. The highest BCUT2D eigenvalue weighted by atomic mass is 32.2. The van der Waals surface area contributed by atoms with Crippen LogP contribution in [-0.4, -0.2) is 10.8 Å². The normalized spacial score (nSPS) is 10.6. The summed E-state index contributed by atoms with van der Waals surface area (Å²) in [7, 11) is 0. The third kappa shape index (κ3) is 2.96. The van der Waals surface area contributed by atoms with Crippen LogP contribution in [0.15, 0.2) is 34.1 Å². The van der Waals surface area contributed by atoms with Crippen LogP contribution in [0.4, 0.5) is 8.78 Å². The molecule has 104 valence electrons. The van der Waals surface area contributed by atoms with E-state index in [1.165, 1.54) is 12.1 Å². The summed E-state index contributed by atoms with van der Waals surface area (Å²) in [6.45, 7) is 3.55. The number of halogens is 2. The van der Waals surface area contributed by atoms with Crippen LogP contribution in [0.2, 0.25) is 0 Å². The smallest absolute Gasteiger partial charge is 0.140 e. The fourth-order valence-electron chi connectivity index (χ4n) is 1.88. The van der Waals surface area contributed by atoms with Gasteiger partial charge < -0.3 is 5.73 Å². The van der Waals surface area contributed by atoms with Gasteiger partial charge in [0.1, 0.15) is 17.5 Å². The van der Waals surface area contributed by atoms with Crippen LogP contribution in [0, 0.1) is 30.9 Å². The van der Waals surface area contributed by atoms with Gasteiger partial charge in [-0.25, -0.2) is 8.78 Å². The van der Waals surface area contributed by atoms with Gasteiger partial charge in [0, 0.05) is 27.2 Å². The molecule has 0 aliphatic heterocycles. The molecule has 0 spiro atoms. The van der Waals surface area contributed by atoms with Crippen molar-refractivity contribution in [2.24, 2.45) is 5.73 Å². The minimum absolute atomic E-state index is 0.125. The molecule has 0 saturated carbocycles. The largest absolute Gasteiger partial charge is 0.384 e. The molecule has 20 heavy (non-hydrogen) atoms. The Morgan fingerprint density at radius 1 is 1.20 bits per heavy atom. The van der Waals surface area contributed by atoms with Gasteiger partial charge in [-0.3, -0.25) is 10.4 Å². The molecule has 1 aromatic heterocycles. The van der Waals surface area contributed by atoms with Crippen LogP contribution in [-0.2, 0) is 0 Å². The van der Waals surface area contributed by atoms with Crippen LogP contribution in [0.5, 0.6) is 0 Å². The molecular formula is C14H13F2N3S. The van der Waals surface area contributed by atoms with E-state index in [1.807, 2.05) is 6.92 Å². The molecule has 0 atom stereocenters. The standard InChI is InChI=1S/C14H13F2N3S/c1-7-5-12(13(14(17)18)8(2)19-7)20-11-4-3-9(15)6-10(11)16/h3-6H,1-2H3,(H3,17,18). The van der Waals surface area contributed by atoms with Crippen molar-refractivity contribution in [2.75, 3.05) is 0 Å². The highest BCUT2D eigenvalue weighted by Crippen LogP contribution is 2.33. The summed E-state index contributed by atoms with van der Waals surface area (Å²) >= 11 is 1.10. The molecule has 6 heteroatoms. The quantitative estimate of drug-likeness (QED) is 0.673. The van der Waals surface area contributed by atoms with Gasteiger partial charge in [-0.15, -0.1) is 0 Å². The number of aryl methyl sites for hydroxylation is 2. The maximum absolute atomic E-state index is 13.7. The molecule has 1 aromatic carbocycles. The summed E-state index contributed by atoms with van der Waals surface area (Å²) in [5.41, 5.74) is 7.39. The Hall–Kier alpha value is -1.95. The SMILES string of the molecule is Cc1cc(Sc2ccc(F)cc2F)c(C(=N)N)c(C)n1. The lowest BCUT2D eigenvalue weighted by atomic mass is 10.1. The predicted molar refractivity (Wildman–Crippen MR) is 75.2 cm³/mol. The average molecular weight is 293 g/mol. The van der Waals surface area contributed by atoms with Crippen LogP contribution in [0.3, 0.4) is 0 Å². The van der Waals surface area contributed by atoms with Crippen molar-refractivity contribution >= 4 is 17.6 Å². The molecule has 3 nitrogen and oxygen atoms in total. The average Bonchev–Trinajstić information content (AvgIpc) is 2.31. The molecule has 0 bridgehead atoms.